The molecule has 9 nitrogen and oxygen atoms in total. The number of amides is 1. The lowest BCUT2D eigenvalue weighted by molar-refractivity contribution is -0.384. The van der Waals surface area contributed by atoms with E-state index in [4.69, 9.17) is 4.74 Å². The average Bonchev–Trinajstić information content (AvgIpc) is 3.31. The van der Waals surface area contributed by atoms with Crippen LogP contribution in [0.3, 0.4) is 0 Å². The Balaban J connectivity index is 1.36. The molecule has 1 saturated heterocycles. The molecule has 4 rings (SSSR count). The van der Waals surface area contributed by atoms with E-state index in [1.807, 2.05) is 4.90 Å². The quantitative estimate of drug-likeness (QED) is 0.280. The molecule has 1 atom stereocenters. The Morgan fingerprint density at radius 1 is 1.29 bits per heavy atom. The molecule has 1 fully saturated rings. The fourth-order valence-corrected chi connectivity index (χ4v) is 4.66. The normalized spacial score (nSPS) is 15.5. The number of nitro benzene ring substituents is 1. The number of thiazole rings is 1. The van der Waals surface area contributed by atoms with Gasteiger partial charge in [0.1, 0.15) is 11.5 Å². The highest BCUT2D eigenvalue weighted by atomic mass is 32.1. The first-order valence-electron chi connectivity index (χ1n) is 11.0. The van der Waals surface area contributed by atoms with Gasteiger partial charge in [-0.05, 0) is 55.2 Å². The van der Waals surface area contributed by atoms with E-state index in [2.05, 4.69) is 17.2 Å². The van der Waals surface area contributed by atoms with Crippen LogP contribution in [0.1, 0.15) is 30.1 Å². The summed E-state index contributed by atoms with van der Waals surface area (Å²) in [5.41, 5.74) is 1.55. The number of hydrogen-bond acceptors (Lipinski definition) is 8. The first kappa shape index (κ1) is 24.3. The van der Waals surface area contributed by atoms with E-state index in [-0.39, 0.29) is 17.1 Å². The summed E-state index contributed by atoms with van der Waals surface area (Å²) in [6, 6.07) is 10.00. The molecule has 1 unspecified atom stereocenters. The maximum atomic E-state index is 13.1. The van der Waals surface area contributed by atoms with Crippen molar-refractivity contribution in [2.75, 3.05) is 29.9 Å². The highest BCUT2D eigenvalue weighted by Crippen LogP contribution is 2.32. The van der Waals surface area contributed by atoms with Crippen LogP contribution < -0.4 is 10.2 Å². The predicted octanol–water partition coefficient (Wildman–Crippen LogP) is 4.89. The summed E-state index contributed by atoms with van der Waals surface area (Å²) in [4.78, 5) is 42.0. The number of ether oxygens (including phenoxy) is 1. The van der Waals surface area contributed by atoms with Gasteiger partial charge in [-0.15, -0.1) is 11.3 Å². The molecule has 2 aromatic carbocycles. The third kappa shape index (κ3) is 5.99. The Morgan fingerprint density at radius 2 is 2.06 bits per heavy atom. The van der Waals surface area contributed by atoms with Crippen LogP contribution in [0, 0.1) is 21.8 Å². The summed E-state index contributed by atoms with van der Waals surface area (Å²) in [5, 5.41) is 16.2. The molecule has 11 heteroatoms. The first-order valence-corrected chi connectivity index (χ1v) is 11.9. The van der Waals surface area contributed by atoms with Crippen LogP contribution in [-0.4, -0.2) is 41.5 Å². The maximum absolute atomic E-state index is 13.1. The van der Waals surface area contributed by atoms with Gasteiger partial charge in [-0.2, -0.15) is 0 Å². The summed E-state index contributed by atoms with van der Waals surface area (Å²) in [7, 11) is 0. The highest BCUT2D eigenvalue weighted by Gasteiger charge is 2.25. The van der Waals surface area contributed by atoms with Gasteiger partial charge in [-0.1, -0.05) is 6.92 Å². The Bertz CT molecular complexity index is 1250. The molecule has 0 radical (unpaired) electrons. The van der Waals surface area contributed by atoms with Gasteiger partial charge in [0.05, 0.1) is 16.2 Å². The molecule has 2 heterocycles. The van der Waals surface area contributed by atoms with Crippen molar-refractivity contribution in [1.29, 1.82) is 0 Å². The van der Waals surface area contributed by atoms with Crippen molar-refractivity contribution in [3.63, 3.8) is 0 Å². The van der Waals surface area contributed by atoms with Crippen LogP contribution in [0.4, 0.5) is 20.9 Å². The standard InChI is InChI=1S/C24H23FN4O5S/c1-15-3-2-10-28(12-15)20-9-6-17(11-21(20)29(32)33)23(31)34-13-22(30)27-24-26-19(14-35-24)16-4-7-18(25)8-5-16/h4-9,11,14-15H,2-3,10,12-13H2,1H3,(H,26,27,30). The molecule has 182 valence electrons. The molecule has 0 spiro atoms. The summed E-state index contributed by atoms with van der Waals surface area (Å²) < 4.78 is 18.1. The Morgan fingerprint density at radius 3 is 2.77 bits per heavy atom. The Kier molecular flexibility index (Phi) is 7.35. The number of hydrogen-bond donors (Lipinski definition) is 1. The number of esters is 1. The van der Waals surface area contributed by atoms with E-state index >= 15 is 0 Å². The number of carbonyl (C=O) groups is 2. The molecule has 0 bridgehead atoms. The topological polar surface area (TPSA) is 115 Å². The van der Waals surface area contributed by atoms with Gasteiger partial charge >= 0.3 is 5.97 Å². The number of piperidine rings is 1. The van der Waals surface area contributed by atoms with Crippen molar-refractivity contribution in [2.24, 2.45) is 5.92 Å². The fourth-order valence-electron chi connectivity index (χ4n) is 3.93. The summed E-state index contributed by atoms with van der Waals surface area (Å²) in [5.74, 6) is -1.38. The second kappa shape index (κ2) is 10.6. The monoisotopic (exact) mass is 498 g/mol. The zero-order valence-corrected chi connectivity index (χ0v) is 19.7. The number of benzene rings is 2. The van der Waals surface area contributed by atoms with Crippen molar-refractivity contribution in [2.45, 2.75) is 19.8 Å². The molecule has 1 amide bonds. The third-order valence-corrected chi connectivity index (χ3v) is 6.39. The smallest absolute Gasteiger partial charge is 0.338 e. The van der Waals surface area contributed by atoms with Gasteiger partial charge in [0.25, 0.3) is 11.6 Å². The number of aromatic nitrogens is 1. The molecule has 0 aliphatic carbocycles. The van der Waals surface area contributed by atoms with E-state index in [9.17, 15) is 24.1 Å². The number of nitrogens with one attached hydrogen (secondary N) is 1. The van der Waals surface area contributed by atoms with Crippen LogP contribution >= 0.6 is 11.3 Å². The lowest BCUT2D eigenvalue weighted by Crippen LogP contribution is -2.34. The third-order valence-electron chi connectivity index (χ3n) is 5.63. The molecule has 35 heavy (non-hydrogen) atoms. The van der Waals surface area contributed by atoms with E-state index in [1.54, 1.807) is 23.6 Å². The number of anilines is 2. The van der Waals surface area contributed by atoms with Crippen molar-refractivity contribution >= 4 is 39.7 Å². The molecular formula is C24H23FN4O5S. The minimum atomic E-state index is -0.840. The number of rotatable bonds is 7. The summed E-state index contributed by atoms with van der Waals surface area (Å²) >= 11 is 1.17. The summed E-state index contributed by atoms with van der Waals surface area (Å²) in [6.45, 7) is 2.95. The average molecular weight is 499 g/mol. The minimum Gasteiger partial charge on any atom is -0.452 e. The first-order chi connectivity index (χ1) is 16.8. The van der Waals surface area contributed by atoms with E-state index < -0.39 is 23.4 Å². The van der Waals surface area contributed by atoms with Gasteiger partial charge in [-0.3, -0.25) is 20.2 Å². The van der Waals surface area contributed by atoms with Gasteiger partial charge in [0.2, 0.25) is 0 Å². The van der Waals surface area contributed by atoms with Crippen molar-refractivity contribution in [1.82, 2.24) is 4.98 Å². The second-order valence-corrected chi connectivity index (χ2v) is 9.18. The van der Waals surface area contributed by atoms with Crippen LogP contribution in [0.25, 0.3) is 11.3 Å². The zero-order valence-electron chi connectivity index (χ0n) is 18.9. The lowest BCUT2D eigenvalue weighted by atomic mass is 9.99. The minimum absolute atomic E-state index is 0.00819. The van der Waals surface area contributed by atoms with Crippen molar-refractivity contribution in [3.05, 3.63) is 69.3 Å². The molecule has 0 saturated carbocycles. The van der Waals surface area contributed by atoms with Crippen LogP contribution in [0.15, 0.2) is 47.8 Å². The van der Waals surface area contributed by atoms with Gasteiger partial charge in [0.15, 0.2) is 11.7 Å². The second-order valence-electron chi connectivity index (χ2n) is 8.32. The molecule has 1 aliphatic rings. The molecule has 1 aliphatic heterocycles. The van der Waals surface area contributed by atoms with Crippen molar-refractivity contribution < 1.29 is 23.6 Å². The number of halogens is 1. The maximum Gasteiger partial charge on any atom is 0.338 e. The predicted molar refractivity (Wildman–Crippen MR) is 130 cm³/mol. The van der Waals surface area contributed by atoms with Gasteiger partial charge in [-0.25, -0.2) is 14.2 Å². The highest BCUT2D eigenvalue weighted by molar-refractivity contribution is 7.14. The molecule has 1 aromatic heterocycles. The number of nitrogens with zero attached hydrogens (tertiary/aromatic N) is 3. The fraction of sp³-hybridized carbons (Fsp3) is 0.292. The van der Waals surface area contributed by atoms with Gasteiger partial charge < -0.3 is 9.64 Å². The Hall–Kier alpha value is -3.86. The lowest BCUT2D eigenvalue weighted by Gasteiger charge is -2.32. The molecule has 3 aromatic rings. The van der Waals surface area contributed by atoms with Crippen LogP contribution in [0.5, 0.6) is 0 Å². The largest absolute Gasteiger partial charge is 0.452 e. The van der Waals surface area contributed by atoms with E-state index in [1.165, 1.54) is 35.6 Å². The SMILES string of the molecule is CC1CCCN(c2ccc(C(=O)OCC(=O)Nc3nc(-c4ccc(F)cc4)cs3)cc2[N+](=O)[O-])C1. The van der Waals surface area contributed by atoms with E-state index in [0.29, 0.717) is 34.5 Å². The van der Waals surface area contributed by atoms with Crippen LogP contribution in [0.2, 0.25) is 0 Å². The van der Waals surface area contributed by atoms with Crippen molar-refractivity contribution in [3.8, 4) is 11.3 Å². The Labute approximate surface area is 204 Å². The molecular weight excluding hydrogens is 475 g/mol. The number of nitro groups is 1. The zero-order chi connectivity index (χ0) is 24.9. The van der Waals surface area contributed by atoms with E-state index in [0.717, 1.165) is 19.4 Å². The number of carbonyl (C=O) groups excluding carboxylic acids is 2. The van der Waals surface area contributed by atoms with Gasteiger partial charge in [0, 0.05) is 30.1 Å². The van der Waals surface area contributed by atoms with Crippen LogP contribution in [-0.2, 0) is 9.53 Å². The molecule has 1 N–H and O–H groups in total. The summed E-state index contributed by atoms with van der Waals surface area (Å²) in [6.07, 6.45) is 2.02.